The summed E-state index contributed by atoms with van der Waals surface area (Å²) in [6, 6.07) is 11.7. The Morgan fingerprint density at radius 3 is 2.50 bits per heavy atom. The third-order valence-corrected chi connectivity index (χ3v) is 3.87. The molecule has 0 radical (unpaired) electrons. The number of rotatable bonds is 7. The molecule has 2 rings (SSSR count). The van der Waals surface area contributed by atoms with E-state index in [9.17, 15) is 0 Å². The van der Waals surface area contributed by atoms with Crippen molar-refractivity contribution in [3.8, 4) is 0 Å². The van der Waals surface area contributed by atoms with Gasteiger partial charge in [-0.3, -0.25) is 0 Å². The molecule has 0 bridgehead atoms. The number of nitrogens with zero attached hydrogens (tertiary/aromatic N) is 1. The van der Waals surface area contributed by atoms with Crippen LogP contribution in [-0.2, 0) is 0 Å². The summed E-state index contributed by atoms with van der Waals surface area (Å²) in [7, 11) is 4.29. The van der Waals surface area contributed by atoms with Crippen molar-refractivity contribution in [3.05, 3.63) is 35.9 Å². The van der Waals surface area contributed by atoms with E-state index in [0.717, 1.165) is 12.0 Å². The number of benzene rings is 1. The van der Waals surface area contributed by atoms with E-state index in [4.69, 9.17) is 0 Å². The molecule has 2 nitrogen and oxygen atoms in total. The van der Waals surface area contributed by atoms with Crippen molar-refractivity contribution in [2.24, 2.45) is 0 Å². The zero-order valence-corrected chi connectivity index (χ0v) is 11.7. The van der Waals surface area contributed by atoms with Gasteiger partial charge in [0.15, 0.2) is 0 Å². The van der Waals surface area contributed by atoms with E-state index in [2.05, 4.69) is 54.6 Å². The zero-order valence-electron chi connectivity index (χ0n) is 11.7. The van der Waals surface area contributed by atoms with Crippen molar-refractivity contribution in [1.29, 1.82) is 0 Å². The van der Waals surface area contributed by atoms with Gasteiger partial charge in [-0.1, -0.05) is 30.3 Å². The molecule has 0 spiro atoms. The first-order chi connectivity index (χ1) is 8.75. The summed E-state index contributed by atoms with van der Waals surface area (Å²) in [6.07, 6.45) is 5.23. The Labute approximate surface area is 111 Å². The smallest absolute Gasteiger partial charge is 0.00787 e. The second kappa shape index (κ2) is 6.91. The fourth-order valence-electron chi connectivity index (χ4n) is 2.64. The highest BCUT2D eigenvalue weighted by Gasteiger charge is 2.29. The van der Waals surface area contributed by atoms with E-state index in [1.807, 2.05) is 0 Å². The lowest BCUT2D eigenvalue weighted by Gasteiger charge is -2.36. The van der Waals surface area contributed by atoms with Crippen LogP contribution >= 0.6 is 0 Å². The van der Waals surface area contributed by atoms with E-state index in [1.165, 1.54) is 44.3 Å². The number of hydrogen-bond acceptors (Lipinski definition) is 2. The molecule has 0 aromatic heterocycles. The highest BCUT2D eigenvalue weighted by atomic mass is 15.0. The van der Waals surface area contributed by atoms with Crippen LogP contribution in [0.2, 0.25) is 0 Å². The van der Waals surface area contributed by atoms with Crippen molar-refractivity contribution in [2.75, 3.05) is 27.2 Å². The molecule has 100 valence electrons. The van der Waals surface area contributed by atoms with E-state index >= 15 is 0 Å². The lowest BCUT2D eigenvalue weighted by Crippen LogP contribution is -2.40. The third kappa shape index (κ3) is 4.11. The first kappa shape index (κ1) is 13.6. The highest BCUT2D eigenvalue weighted by Crippen LogP contribution is 2.36. The van der Waals surface area contributed by atoms with E-state index < -0.39 is 0 Å². The summed E-state index contributed by atoms with van der Waals surface area (Å²) in [5.74, 6) is 0.797. The van der Waals surface area contributed by atoms with Gasteiger partial charge in [0.2, 0.25) is 0 Å². The van der Waals surface area contributed by atoms with Crippen molar-refractivity contribution in [3.63, 3.8) is 0 Å². The molecule has 1 aliphatic rings. The molecular formula is C16H26N2. The van der Waals surface area contributed by atoms with Crippen LogP contribution in [-0.4, -0.2) is 38.1 Å². The van der Waals surface area contributed by atoms with E-state index in [1.54, 1.807) is 0 Å². The maximum Gasteiger partial charge on any atom is 0.00787 e. The van der Waals surface area contributed by atoms with Crippen LogP contribution < -0.4 is 5.32 Å². The molecule has 18 heavy (non-hydrogen) atoms. The summed E-state index contributed by atoms with van der Waals surface area (Å²) in [5.41, 5.74) is 1.52. The number of nitrogens with one attached hydrogen (secondary N) is 1. The normalized spacial score (nSPS) is 23.1. The quantitative estimate of drug-likeness (QED) is 0.744. The Morgan fingerprint density at radius 1 is 1.11 bits per heavy atom. The highest BCUT2D eigenvalue weighted by molar-refractivity contribution is 5.22. The summed E-state index contributed by atoms with van der Waals surface area (Å²) < 4.78 is 0. The van der Waals surface area contributed by atoms with Gasteiger partial charge in [0.05, 0.1) is 0 Å². The first-order valence-electron chi connectivity index (χ1n) is 7.19. The fraction of sp³-hybridized carbons (Fsp3) is 0.625. The third-order valence-electron chi connectivity index (χ3n) is 3.87. The van der Waals surface area contributed by atoms with Crippen LogP contribution in [0.25, 0.3) is 0 Å². The minimum absolute atomic E-state index is 0.759. The molecule has 1 aliphatic carbocycles. The average Bonchev–Trinajstić information content (AvgIpc) is 2.32. The molecule has 1 N–H and O–H groups in total. The predicted octanol–water partition coefficient (Wildman–Crippen LogP) is 2.86. The van der Waals surface area contributed by atoms with Gasteiger partial charge in [-0.2, -0.15) is 0 Å². The molecular weight excluding hydrogens is 220 g/mol. The zero-order chi connectivity index (χ0) is 12.8. The van der Waals surface area contributed by atoms with Gasteiger partial charge < -0.3 is 10.2 Å². The molecule has 0 heterocycles. The molecule has 1 saturated carbocycles. The Kier molecular flexibility index (Phi) is 5.21. The Balaban J connectivity index is 1.54. The summed E-state index contributed by atoms with van der Waals surface area (Å²) >= 11 is 0. The molecule has 0 unspecified atom stereocenters. The summed E-state index contributed by atoms with van der Waals surface area (Å²) in [4.78, 5) is 2.26. The predicted molar refractivity (Wildman–Crippen MR) is 78.0 cm³/mol. The maximum absolute atomic E-state index is 3.67. The number of unbranched alkanes of at least 4 members (excludes halogenated alkanes) is 1. The average molecular weight is 246 g/mol. The molecule has 0 atom stereocenters. The van der Waals surface area contributed by atoms with Gasteiger partial charge >= 0.3 is 0 Å². The van der Waals surface area contributed by atoms with E-state index in [0.29, 0.717) is 0 Å². The van der Waals surface area contributed by atoms with Gasteiger partial charge in [-0.25, -0.2) is 0 Å². The Hall–Kier alpha value is -0.860. The standard InChI is InChI=1S/C16H26N2/c1-18(2)11-7-6-10-17-16-12-15(13-16)14-8-4-3-5-9-14/h3-5,8-9,15-17H,6-7,10-13H2,1-2H3. The minimum Gasteiger partial charge on any atom is -0.314 e. The summed E-state index contributed by atoms with van der Waals surface area (Å²) in [6.45, 7) is 2.39. The summed E-state index contributed by atoms with van der Waals surface area (Å²) in [5, 5.41) is 3.67. The maximum atomic E-state index is 3.67. The largest absolute Gasteiger partial charge is 0.314 e. The van der Waals surface area contributed by atoms with Crippen LogP contribution in [0.4, 0.5) is 0 Å². The molecule has 1 fully saturated rings. The first-order valence-corrected chi connectivity index (χ1v) is 7.19. The van der Waals surface area contributed by atoms with Crippen LogP contribution in [0.5, 0.6) is 0 Å². The minimum atomic E-state index is 0.759. The Bertz CT molecular complexity index is 328. The van der Waals surface area contributed by atoms with E-state index in [-0.39, 0.29) is 0 Å². The van der Waals surface area contributed by atoms with Crippen LogP contribution in [0.3, 0.4) is 0 Å². The second-order valence-electron chi connectivity index (χ2n) is 5.74. The molecule has 0 amide bonds. The van der Waals surface area contributed by atoms with Gasteiger partial charge in [-0.15, -0.1) is 0 Å². The molecule has 0 saturated heterocycles. The molecule has 0 aliphatic heterocycles. The lowest BCUT2D eigenvalue weighted by atomic mass is 9.76. The second-order valence-corrected chi connectivity index (χ2v) is 5.74. The van der Waals surface area contributed by atoms with Crippen molar-refractivity contribution >= 4 is 0 Å². The van der Waals surface area contributed by atoms with Gasteiger partial charge in [0.25, 0.3) is 0 Å². The molecule has 1 aromatic rings. The van der Waals surface area contributed by atoms with Crippen molar-refractivity contribution in [2.45, 2.75) is 37.6 Å². The SMILES string of the molecule is CN(C)CCCCNC1CC(c2ccccc2)C1. The molecule has 1 aromatic carbocycles. The number of hydrogen-bond donors (Lipinski definition) is 1. The van der Waals surface area contributed by atoms with Crippen molar-refractivity contribution < 1.29 is 0 Å². The van der Waals surface area contributed by atoms with Crippen LogP contribution in [0.1, 0.15) is 37.2 Å². The van der Waals surface area contributed by atoms with Crippen LogP contribution in [0, 0.1) is 0 Å². The van der Waals surface area contributed by atoms with Gasteiger partial charge in [0, 0.05) is 6.04 Å². The monoisotopic (exact) mass is 246 g/mol. The van der Waals surface area contributed by atoms with Gasteiger partial charge in [0.1, 0.15) is 0 Å². The lowest BCUT2D eigenvalue weighted by molar-refractivity contribution is 0.287. The fourth-order valence-corrected chi connectivity index (χ4v) is 2.64. The van der Waals surface area contributed by atoms with Gasteiger partial charge in [-0.05, 0) is 64.3 Å². The topological polar surface area (TPSA) is 15.3 Å². The van der Waals surface area contributed by atoms with Crippen molar-refractivity contribution in [1.82, 2.24) is 10.2 Å². The Morgan fingerprint density at radius 2 is 1.83 bits per heavy atom. The molecule has 2 heteroatoms. The van der Waals surface area contributed by atoms with Crippen LogP contribution in [0.15, 0.2) is 30.3 Å².